The molecule has 34 heavy (non-hydrogen) atoms. The number of aliphatic imine (C=N–C) groups is 1. The van der Waals surface area contributed by atoms with Crippen LogP contribution >= 0.6 is 56.8 Å². The molecule has 0 unspecified atom stereocenters. The van der Waals surface area contributed by atoms with Crippen molar-refractivity contribution in [1.82, 2.24) is 0 Å². The monoisotopic (exact) mass is 704 g/mol. The van der Waals surface area contributed by atoms with E-state index in [9.17, 15) is 19.3 Å². The van der Waals surface area contributed by atoms with E-state index in [1.54, 1.807) is 18.2 Å². The molecular weight excluding hydrogens is 693 g/mol. The third-order valence-electron chi connectivity index (χ3n) is 4.63. The maximum atomic E-state index is 13.1. The molecule has 4 rings (SSSR count). The van der Waals surface area contributed by atoms with E-state index in [2.05, 4.69) is 50.2 Å². The van der Waals surface area contributed by atoms with Crippen LogP contribution in [0.4, 0.5) is 10.1 Å². The van der Waals surface area contributed by atoms with Gasteiger partial charge in [0.05, 0.1) is 12.1 Å². The summed E-state index contributed by atoms with van der Waals surface area (Å²) in [5.74, 6) is -0.357. The molecular formula is C23H12ClFI2N2O5. The maximum absolute atomic E-state index is 13.1. The predicted octanol–water partition coefficient (Wildman–Crippen LogP) is 6.52. The fourth-order valence-corrected chi connectivity index (χ4v) is 5.33. The normalized spacial score (nSPS) is 14.2. The number of halogens is 4. The summed E-state index contributed by atoms with van der Waals surface area (Å²) in [5, 5.41) is 11.1. The van der Waals surface area contributed by atoms with Crippen LogP contribution in [0, 0.1) is 23.1 Å². The van der Waals surface area contributed by atoms with Gasteiger partial charge in [0, 0.05) is 11.6 Å². The fourth-order valence-electron chi connectivity index (χ4n) is 3.01. The molecule has 0 saturated carbocycles. The average molecular weight is 705 g/mol. The Balaban J connectivity index is 1.57. The highest BCUT2D eigenvalue weighted by atomic mass is 127. The minimum Gasteiger partial charge on any atom is -0.487 e. The molecule has 3 aromatic carbocycles. The summed E-state index contributed by atoms with van der Waals surface area (Å²) in [6, 6.07) is 13.8. The zero-order chi connectivity index (χ0) is 24.4. The van der Waals surface area contributed by atoms with E-state index in [4.69, 9.17) is 21.1 Å². The van der Waals surface area contributed by atoms with E-state index in [1.807, 2.05) is 12.1 Å². The lowest BCUT2D eigenvalue weighted by molar-refractivity contribution is -0.384. The topological polar surface area (TPSA) is 91.0 Å². The van der Waals surface area contributed by atoms with Gasteiger partial charge in [0.15, 0.2) is 5.70 Å². The molecule has 0 aromatic heterocycles. The summed E-state index contributed by atoms with van der Waals surface area (Å²) in [4.78, 5) is 27.1. The van der Waals surface area contributed by atoms with Crippen LogP contribution in [0.3, 0.4) is 0 Å². The fraction of sp³-hybridized carbons (Fsp3) is 0.0435. The van der Waals surface area contributed by atoms with Crippen LogP contribution in [0.5, 0.6) is 5.75 Å². The molecule has 1 aliphatic heterocycles. The van der Waals surface area contributed by atoms with Gasteiger partial charge < -0.3 is 9.47 Å². The van der Waals surface area contributed by atoms with Crippen LogP contribution in [0.25, 0.3) is 6.08 Å². The van der Waals surface area contributed by atoms with Crippen LogP contribution in [0.1, 0.15) is 16.7 Å². The first-order chi connectivity index (χ1) is 16.2. The second kappa shape index (κ2) is 10.4. The minimum absolute atomic E-state index is 0.0275. The maximum Gasteiger partial charge on any atom is 0.363 e. The van der Waals surface area contributed by atoms with E-state index in [1.165, 1.54) is 30.3 Å². The van der Waals surface area contributed by atoms with Crippen LogP contribution in [0.15, 0.2) is 65.3 Å². The Morgan fingerprint density at radius 2 is 1.79 bits per heavy atom. The summed E-state index contributed by atoms with van der Waals surface area (Å²) < 4.78 is 25.8. The number of ether oxygens (including phenoxy) is 2. The Labute approximate surface area is 225 Å². The van der Waals surface area contributed by atoms with Gasteiger partial charge >= 0.3 is 5.97 Å². The molecule has 1 heterocycles. The predicted molar refractivity (Wildman–Crippen MR) is 141 cm³/mol. The zero-order valence-electron chi connectivity index (χ0n) is 16.9. The summed E-state index contributed by atoms with van der Waals surface area (Å²) in [7, 11) is 0. The highest BCUT2D eigenvalue weighted by molar-refractivity contribution is 14.1. The van der Waals surface area contributed by atoms with Crippen LogP contribution in [0.2, 0.25) is 5.02 Å². The number of hydrogen-bond acceptors (Lipinski definition) is 6. The Kier molecular flexibility index (Phi) is 7.48. The molecule has 0 N–H and O–H groups in total. The second-order valence-electron chi connectivity index (χ2n) is 6.99. The van der Waals surface area contributed by atoms with E-state index in [-0.39, 0.29) is 40.3 Å². The highest BCUT2D eigenvalue weighted by Gasteiger charge is 2.26. The van der Waals surface area contributed by atoms with Crippen molar-refractivity contribution in [2.75, 3.05) is 0 Å². The van der Waals surface area contributed by atoms with Gasteiger partial charge in [-0.15, -0.1) is 0 Å². The van der Waals surface area contributed by atoms with Crippen LogP contribution in [-0.4, -0.2) is 16.8 Å². The molecule has 0 bridgehead atoms. The molecule has 7 nitrogen and oxygen atoms in total. The van der Waals surface area contributed by atoms with E-state index in [0.717, 1.165) is 12.7 Å². The summed E-state index contributed by atoms with van der Waals surface area (Å²) >= 11 is 10.1. The first kappa shape index (κ1) is 24.5. The number of esters is 1. The molecule has 0 aliphatic carbocycles. The molecule has 172 valence electrons. The molecule has 0 fully saturated rings. The van der Waals surface area contributed by atoms with Crippen molar-refractivity contribution in [3.05, 3.63) is 105 Å². The van der Waals surface area contributed by atoms with Gasteiger partial charge in [-0.3, -0.25) is 10.1 Å². The number of nitro groups is 1. The second-order valence-corrected chi connectivity index (χ2v) is 9.72. The summed E-state index contributed by atoms with van der Waals surface area (Å²) in [6.45, 7) is 0.278. The van der Waals surface area contributed by atoms with E-state index in [0.29, 0.717) is 11.3 Å². The van der Waals surface area contributed by atoms with Crippen molar-refractivity contribution < 1.29 is 23.6 Å². The smallest absolute Gasteiger partial charge is 0.363 e. The molecule has 0 spiro atoms. The van der Waals surface area contributed by atoms with Gasteiger partial charge in [-0.05, 0) is 98.8 Å². The number of nitrogens with zero attached hydrogens (tertiary/aromatic N) is 2. The van der Waals surface area contributed by atoms with Crippen LogP contribution in [-0.2, 0) is 16.1 Å². The Bertz CT molecular complexity index is 1350. The number of cyclic esters (lactones) is 1. The third kappa shape index (κ3) is 5.55. The number of benzene rings is 3. The number of carbonyl (C=O) groups is 1. The van der Waals surface area contributed by atoms with Gasteiger partial charge in [-0.2, -0.15) is 0 Å². The molecule has 0 radical (unpaired) electrons. The van der Waals surface area contributed by atoms with Crippen molar-refractivity contribution in [3.8, 4) is 5.75 Å². The zero-order valence-corrected chi connectivity index (χ0v) is 22.0. The molecule has 11 heteroatoms. The van der Waals surface area contributed by atoms with Gasteiger partial charge in [0.25, 0.3) is 5.69 Å². The Morgan fingerprint density at radius 3 is 2.44 bits per heavy atom. The summed E-state index contributed by atoms with van der Waals surface area (Å²) in [6.07, 6.45) is 1.56. The van der Waals surface area contributed by atoms with Gasteiger partial charge in [0.1, 0.15) is 23.2 Å². The lowest BCUT2D eigenvalue weighted by Crippen LogP contribution is -2.06. The van der Waals surface area contributed by atoms with Gasteiger partial charge in [-0.1, -0.05) is 23.7 Å². The first-order valence-electron chi connectivity index (χ1n) is 9.54. The number of rotatable bonds is 6. The lowest BCUT2D eigenvalue weighted by Gasteiger charge is -2.11. The van der Waals surface area contributed by atoms with Crippen molar-refractivity contribution in [2.24, 2.45) is 4.99 Å². The number of carbonyl (C=O) groups excluding carboxylic acids is 1. The molecule has 0 saturated heterocycles. The van der Waals surface area contributed by atoms with Crippen LogP contribution < -0.4 is 4.74 Å². The van der Waals surface area contributed by atoms with Gasteiger partial charge in [0.2, 0.25) is 5.90 Å². The lowest BCUT2D eigenvalue weighted by atomic mass is 10.2. The highest BCUT2D eigenvalue weighted by Crippen LogP contribution is 2.32. The average Bonchev–Trinajstić information content (AvgIpc) is 3.14. The van der Waals surface area contributed by atoms with Crippen molar-refractivity contribution in [1.29, 1.82) is 0 Å². The minimum atomic E-state index is -0.672. The molecule has 0 atom stereocenters. The molecule has 0 amide bonds. The van der Waals surface area contributed by atoms with E-state index >= 15 is 0 Å². The number of nitro benzene ring substituents is 1. The standard InChI is InChI=1S/C23H12ClFI2N2O5/c24-16-6-3-14(10-20(16)29(31)32)22-28-19(23(30)34-22)9-13-7-17(26)21(18(27)8-13)33-11-12-1-4-15(25)5-2-12/h1-10H,11H2/b19-9-. The molecule has 3 aromatic rings. The largest absolute Gasteiger partial charge is 0.487 e. The Morgan fingerprint density at radius 1 is 1.12 bits per heavy atom. The van der Waals surface area contributed by atoms with Gasteiger partial charge in [-0.25, -0.2) is 14.2 Å². The quantitative estimate of drug-likeness (QED) is 0.0959. The van der Waals surface area contributed by atoms with Crippen molar-refractivity contribution >= 4 is 80.4 Å². The van der Waals surface area contributed by atoms with Crippen molar-refractivity contribution in [3.63, 3.8) is 0 Å². The van der Waals surface area contributed by atoms with E-state index < -0.39 is 10.9 Å². The number of hydrogen-bond donors (Lipinski definition) is 0. The first-order valence-corrected chi connectivity index (χ1v) is 12.1. The third-order valence-corrected chi connectivity index (χ3v) is 6.55. The summed E-state index contributed by atoms with van der Waals surface area (Å²) in [5.41, 5.74) is 1.54. The van der Waals surface area contributed by atoms with Crippen molar-refractivity contribution in [2.45, 2.75) is 6.61 Å². The Hall–Kier alpha value is -2.58. The SMILES string of the molecule is O=C1OC(c2ccc(Cl)c([N+](=O)[O-])c2)=N/C1=C\c1cc(I)c(OCc2ccc(F)cc2)c(I)c1. The molecule has 1 aliphatic rings.